The molecule has 5 heteroatoms. The number of methoxy groups -OCH3 is 1. The SMILES string of the molecule is COc1ccc2[nH]cc(C(=O)CN3CCOCC3)c2c1. The Hall–Kier alpha value is -1.85. The lowest BCUT2D eigenvalue weighted by Gasteiger charge is -2.25. The molecule has 0 spiro atoms. The standard InChI is InChI=1S/C15H18N2O3/c1-19-11-2-3-14-12(8-11)13(9-16-14)15(18)10-17-4-6-20-7-5-17/h2-3,8-9,16H,4-7,10H2,1H3. The van der Waals surface area contributed by atoms with Crippen molar-refractivity contribution < 1.29 is 14.3 Å². The minimum atomic E-state index is 0.131. The number of aromatic amines is 1. The molecule has 1 saturated heterocycles. The van der Waals surface area contributed by atoms with Gasteiger partial charge in [0.05, 0.1) is 26.9 Å². The summed E-state index contributed by atoms with van der Waals surface area (Å²) >= 11 is 0. The average Bonchev–Trinajstić information content (AvgIpc) is 2.91. The number of nitrogens with one attached hydrogen (secondary N) is 1. The van der Waals surface area contributed by atoms with Gasteiger partial charge in [-0.15, -0.1) is 0 Å². The molecule has 0 amide bonds. The number of hydrogen-bond acceptors (Lipinski definition) is 4. The highest BCUT2D eigenvalue weighted by Gasteiger charge is 2.18. The summed E-state index contributed by atoms with van der Waals surface area (Å²) in [7, 11) is 1.63. The molecule has 1 N–H and O–H groups in total. The highest BCUT2D eigenvalue weighted by atomic mass is 16.5. The van der Waals surface area contributed by atoms with Gasteiger partial charge < -0.3 is 14.5 Å². The topological polar surface area (TPSA) is 54.6 Å². The number of hydrogen-bond donors (Lipinski definition) is 1. The van der Waals surface area contributed by atoms with E-state index in [0.717, 1.165) is 35.3 Å². The van der Waals surface area contributed by atoms with E-state index in [4.69, 9.17) is 9.47 Å². The molecule has 2 aromatic rings. The van der Waals surface area contributed by atoms with Crippen LogP contribution in [0.4, 0.5) is 0 Å². The molecule has 0 radical (unpaired) electrons. The van der Waals surface area contributed by atoms with Gasteiger partial charge in [0.1, 0.15) is 5.75 Å². The van der Waals surface area contributed by atoms with Gasteiger partial charge >= 0.3 is 0 Å². The summed E-state index contributed by atoms with van der Waals surface area (Å²) in [5.41, 5.74) is 1.68. The number of morpholine rings is 1. The Morgan fingerprint density at radius 3 is 2.95 bits per heavy atom. The van der Waals surface area contributed by atoms with Crippen molar-refractivity contribution in [3.8, 4) is 5.75 Å². The summed E-state index contributed by atoms with van der Waals surface area (Å²) in [6.07, 6.45) is 1.78. The molecule has 106 valence electrons. The van der Waals surface area contributed by atoms with Gasteiger partial charge in [0, 0.05) is 35.8 Å². The Morgan fingerprint density at radius 2 is 2.20 bits per heavy atom. The third-order valence-electron chi connectivity index (χ3n) is 3.66. The van der Waals surface area contributed by atoms with Gasteiger partial charge in [-0.2, -0.15) is 0 Å². The van der Waals surface area contributed by atoms with Crippen LogP contribution in [-0.4, -0.2) is 55.6 Å². The summed E-state index contributed by atoms with van der Waals surface area (Å²) in [6.45, 7) is 3.48. The van der Waals surface area contributed by atoms with Crippen LogP contribution in [0.5, 0.6) is 5.75 Å². The summed E-state index contributed by atoms with van der Waals surface area (Å²) in [5.74, 6) is 0.893. The number of ether oxygens (including phenoxy) is 2. The van der Waals surface area contributed by atoms with E-state index in [-0.39, 0.29) is 5.78 Å². The van der Waals surface area contributed by atoms with Crippen LogP contribution in [0.3, 0.4) is 0 Å². The summed E-state index contributed by atoms with van der Waals surface area (Å²) in [5, 5.41) is 0.919. The first-order chi connectivity index (χ1) is 9.78. The van der Waals surface area contributed by atoms with Gasteiger partial charge in [-0.1, -0.05) is 0 Å². The van der Waals surface area contributed by atoms with Crippen molar-refractivity contribution in [3.63, 3.8) is 0 Å². The van der Waals surface area contributed by atoms with Crippen LogP contribution >= 0.6 is 0 Å². The summed E-state index contributed by atoms with van der Waals surface area (Å²) in [4.78, 5) is 17.7. The number of carbonyl (C=O) groups excluding carboxylic acids is 1. The largest absolute Gasteiger partial charge is 0.497 e. The van der Waals surface area contributed by atoms with E-state index < -0.39 is 0 Å². The van der Waals surface area contributed by atoms with Crippen LogP contribution in [0.2, 0.25) is 0 Å². The normalized spacial score (nSPS) is 16.4. The zero-order valence-corrected chi connectivity index (χ0v) is 11.5. The van der Waals surface area contributed by atoms with Crippen molar-refractivity contribution in [2.75, 3.05) is 40.0 Å². The Balaban J connectivity index is 1.83. The van der Waals surface area contributed by atoms with Crippen molar-refractivity contribution in [2.24, 2.45) is 0 Å². The highest BCUT2D eigenvalue weighted by Crippen LogP contribution is 2.24. The molecule has 1 aliphatic heterocycles. The first-order valence-corrected chi connectivity index (χ1v) is 6.76. The van der Waals surface area contributed by atoms with E-state index in [9.17, 15) is 4.79 Å². The van der Waals surface area contributed by atoms with E-state index in [2.05, 4.69) is 9.88 Å². The Bertz CT molecular complexity index is 615. The maximum absolute atomic E-state index is 12.4. The number of rotatable bonds is 4. The lowest BCUT2D eigenvalue weighted by Crippen LogP contribution is -2.39. The number of carbonyl (C=O) groups is 1. The first-order valence-electron chi connectivity index (χ1n) is 6.76. The molecular weight excluding hydrogens is 256 g/mol. The van der Waals surface area contributed by atoms with E-state index in [0.29, 0.717) is 19.8 Å². The van der Waals surface area contributed by atoms with Crippen LogP contribution in [0.1, 0.15) is 10.4 Å². The fraction of sp³-hybridized carbons (Fsp3) is 0.400. The maximum Gasteiger partial charge on any atom is 0.178 e. The minimum absolute atomic E-state index is 0.131. The molecule has 0 saturated carbocycles. The molecule has 0 atom stereocenters. The zero-order chi connectivity index (χ0) is 13.9. The van der Waals surface area contributed by atoms with Gasteiger partial charge in [0.15, 0.2) is 5.78 Å². The molecule has 0 bridgehead atoms. The molecule has 3 rings (SSSR count). The summed E-state index contributed by atoms with van der Waals surface area (Å²) in [6, 6.07) is 5.72. The molecule has 1 aromatic heterocycles. The van der Waals surface area contributed by atoms with Crippen molar-refractivity contribution >= 4 is 16.7 Å². The van der Waals surface area contributed by atoms with Crippen LogP contribution < -0.4 is 4.74 Å². The number of benzene rings is 1. The third kappa shape index (κ3) is 2.55. The lowest BCUT2D eigenvalue weighted by molar-refractivity contribution is 0.0371. The fourth-order valence-corrected chi connectivity index (χ4v) is 2.50. The van der Waals surface area contributed by atoms with Crippen molar-refractivity contribution in [3.05, 3.63) is 30.0 Å². The van der Waals surface area contributed by atoms with E-state index in [1.807, 2.05) is 18.2 Å². The predicted octanol–water partition coefficient (Wildman–Crippen LogP) is 1.69. The van der Waals surface area contributed by atoms with Gasteiger partial charge in [0.25, 0.3) is 0 Å². The molecule has 1 fully saturated rings. The molecule has 0 aliphatic carbocycles. The molecular formula is C15H18N2O3. The van der Waals surface area contributed by atoms with Crippen molar-refractivity contribution in [2.45, 2.75) is 0 Å². The molecule has 1 aromatic carbocycles. The minimum Gasteiger partial charge on any atom is -0.497 e. The second-order valence-electron chi connectivity index (χ2n) is 4.93. The van der Waals surface area contributed by atoms with E-state index in [1.54, 1.807) is 13.3 Å². The number of nitrogens with zero attached hydrogens (tertiary/aromatic N) is 1. The summed E-state index contributed by atoms with van der Waals surface area (Å²) < 4.78 is 10.5. The number of Topliss-reactive ketones (excluding diaryl/α,β-unsaturated/α-hetero) is 1. The van der Waals surface area contributed by atoms with Crippen LogP contribution in [0.15, 0.2) is 24.4 Å². The maximum atomic E-state index is 12.4. The predicted molar refractivity (Wildman–Crippen MR) is 76.4 cm³/mol. The number of aromatic nitrogens is 1. The van der Waals surface area contributed by atoms with E-state index >= 15 is 0 Å². The quantitative estimate of drug-likeness (QED) is 0.862. The Morgan fingerprint density at radius 1 is 1.40 bits per heavy atom. The number of H-pyrrole nitrogens is 1. The molecule has 2 heterocycles. The number of fused-ring (bicyclic) bond motifs is 1. The molecule has 5 nitrogen and oxygen atoms in total. The number of ketones is 1. The second kappa shape index (κ2) is 5.64. The molecule has 20 heavy (non-hydrogen) atoms. The first kappa shape index (κ1) is 13.1. The van der Waals surface area contributed by atoms with Crippen LogP contribution in [0, 0.1) is 0 Å². The van der Waals surface area contributed by atoms with Crippen molar-refractivity contribution in [1.29, 1.82) is 0 Å². The van der Waals surface area contributed by atoms with Crippen LogP contribution in [0.25, 0.3) is 10.9 Å². The second-order valence-corrected chi connectivity index (χ2v) is 4.93. The molecule has 0 unspecified atom stereocenters. The van der Waals surface area contributed by atoms with E-state index in [1.165, 1.54) is 0 Å². The highest BCUT2D eigenvalue weighted by molar-refractivity contribution is 6.09. The van der Waals surface area contributed by atoms with Gasteiger partial charge in [0.2, 0.25) is 0 Å². The molecule has 1 aliphatic rings. The average molecular weight is 274 g/mol. The lowest BCUT2D eigenvalue weighted by atomic mass is 10.1. The monoisotopic (exact) mass is 274 g/mol. The fourth-order valence-electron chi connectivity index (χ4n) is 2.50. The zero-order valence-electron chi connectivity index (χ0n) is 11.5. The van der Waals surface area contributed by atoms with Gasteiger partial charge in [-0.05, 0) is 18.2 Å². The van der Waals surface area contributed by atoms with Crippen molar-refractivity contribution in [1.82, 2.24) is 9.88 Å². The van der Waals surface area contributed by atoms with Gasteiger partial charge in [-0.25, -0.2) is 0 Å². The third-order valence-corrected chi connectivity index (χ3v) is 3.66. The Kier molecular flexibility index (Phi) is 3.71. The van der Waals surface area contributed by atoms with Crippen LogP contribution in [-0.2, 0) is 4.74 Å². The van der Waals surface area contributed by atoms with Gasteiger partial charge in [-0.3, -0.25) is 9.69 Å². The Labute approximate surface area is 117 Å². The smallest absolute Gasteiger partial charge is 0.178 e.